The van der Waals surface area contributed by atoms with Crippen LogP contribution >= 0.6 is 0 Å². The summed E-state index contributed by atoms with van der Waals surface area (Å²) in [6, 6.07) is 3.66. The second-order valence-corrected chi connectivity index (χ2v) is 6.26. The number of anilines is 1. The number of nitrogens with zero attached hydrogens (tertiary/aromatic N) is 2. The minimum atomic E-state index is -0.529. The first kappa shape index (κ1) is 16.2. The van der Waals surface area contributed by atoms with Gasteiger partial charge in [0.05, 0.1) is 18.8 Å². The van der Waals surface area contributed by atoms with Crippen molar-refractivity contribution in [2.24, 2.45) is 0 Å². The molecule has 0 radical (unpaired) electrons. The van der Waals surface area contributed by atoms with Gasteiger partial charge in [-0.25, -0.2) is 4.98 Å². The third-order valence-corrected chi connectivity index (χ3v) is 4.45. The lowest BCUT2D eigenvalue weighted by Gasteiger charge is -2.27. The van der Waals surface area contributed by atoms with Crippen LogP contribution in [-0.4, -0.2) is 54.4 Å². The van der Waals surface area contributed by atoms with E-state index in [1.54, 1.807) is 6.20 Å². The molecule has 1 amide bonds. The van der Waals surface area contributed by atoms with Crippen LogP contribution in [0.25, 0.3) is 0 Å². The Kier molecular flexibility index (Phi) is 5.13. The maximum absolute atomic E-state index is 12.7. The molecule has 3 heterocycles. The summed E-state index contributed by atoms with van der Waals surface area (Å²) in [5.74, 6) is 0.184. The molecule has 0 bridgehead atoms. The highest BCUT2D eigenvalue weighted by Crippen LogP contribution is 2.23. The minimum absolute atomic E-state index is 0.0693. The summed E-state index contributed by atoms with van der Waals surface area (Å²) in [5, 5.41) is 3.27. The zero-order chi connectivity index (χ0) is 16.1. The number of ether oxygens (including phenoxy) is 2. The molecule has 0 spiro atoms. The van der Waals surface area contributed by atoms with Crippen LogP contribution in [0.3, 0.4) is 0 Å². The van der Waals surface area contributed by atoms with Gasteiger partial charge in [-0.05, 0) is 38.3 Å². The lowest BCUT2D eigenvalue weighted by molar-refractivity contribution is -0.144. The number of nitrogens with one attached hydrogen (secondary N) is 1. The van der Waals surface area contributed by atoms with Gasteiger partial charge in [-0.15, -0.1) is 0 Å². The maximum Gasteiger partial charge on any atom is 0.257 e. The van der Waals surface area contributed by atoms with Crippen molar-refractivity contribution >= 4 is 11.7 Å². The standard InChI is InChI=1S/C17H25N3O3/c1-17(22-12-13-23-17)7-9-19-15-14(6-5-8-18-15)16(21)20-10-3-2-4-11-20/h5-6,8H,2-4,7,9-13H2,1H3,(H,18,19). The molecule has 126 valence electrons. The van der Waals surface area contributed by atoms with E-state index >= 15 is 0 Å². The van der Waals surface area contributed by atoms with E-state index in [4.69, 9.17) is 9.47 Å². The third-order valence-electron chi connectivity index (χ3n) is 4.45. The highest BCUT2D eigenvalue weighted by molar-refractivity contribution is 5.98. The van der Waals surface area contributed by atoms with Gasteiger partial charge in [0.2, 0.25) is 0 Å². The van der Waals surface area contributed by atoms with Gasteiger partial charge < -0.3 is 19.7 Å². The Morgan fingerprint density at radius 1 is 1.30 bits per heavy atom. The Hall–Kier alpha value is -1.66. The molecule has 0 aliphatic carbocycles. The van der Waals surface area contributed by atoms with Crippen LogP contribution in [0.5, 0.6) is 0 Å². The number of piperidine rings is 1. The molecule has 0 saturated carbocycles. The lowest BCUT2D eigenvalue weighted by Crippen LogP contribution is -2.36. The molecule has 1 N–H and O–H groups in total. The van der Waals surface area contributed by atoms with E-state index in [-0.39, 0.29) is 5.91 Å². The number of carbonyl (C=O) groups excluding carboxylic acids is 1. The average Bonchev–Trinajstić information content (AvgIpc) is 3.02. The second kappa shape index (κ2) is 7.27. The van der Waals surface area contributed by atoms with Crippen LogP contribution in [0, 0.1) is 0 Å². The van der Waals surface area contributed by atoms with E-state index in [2.05, 4.69) is 10.3 Å². The second-order valence-electron chi connectivity index (χ2n) is 6.26. The summed E-state index contributed by atoms with van der Waals surface area (Å²) < 4.78 is 11.2. The molecule has 2 saturated heterocycles. The van der Waals surface area contributed by atoms with Crippen molar-refractivity contribution in [1.82, 2.24) is 9.88 Å². The monoisotopic (exact) mass is 319 g/mol. The maximum atomic E-state index is 12.7. The summed E-state index contributed by atoms with van der Waals surface area (Å²) in [7, 11) is 0. The predicted molar refractivity (Wildman–Crippen MR) is 87.4 cm³/mol. The van der Waals surface area contributed by atoms with E-state index in [0.29, 0.717) is 37.6 Å². The molecule has 6 nitrogen and oxygen atoms in total. The fourth-order valence-electron chi connectivity index (χ4n) is 3.10. The van der Waals surface area contributed by atoms with Crippen molar-refractivity contribution in [3.63, 3.8) is 0 Å². The van der Waals surface area contributed by atoms with Gasteiger partial charge in [-0.3, -0.25) is 4.79 Å². The molecule has 3 rings (SSSR count). The van der Waals surface area contributed by atoms with Gasteiger partial charge in [0, 0.05) is 32.3 Å². The first-order chi connectivity index (χ1) is 11.2. The van der Waals surface area contributed by atoms with Crippen LogP contribution in [0.4, 0.5) is 5.82 Å². The highest BCUT2D eigenvalue weighted by atomic mass is 16.7. The summed E-state index contributed by atoms with van der Waals surface area (Å²) in [6.45, 7) is 5.55. The van der Waals surface area contributed by atoms with Gasteiger partial charge in [0.25, 0.3) is 5.91 Å². The molecule has 1 aromatic heterocycles. The van der Waals surface area contributed by atoms with Crippen molar-refractivity contribution in [3.05, 3.63) is 23.9 Å². The number of rotatable bonds is 5. The first-order valence-electron chi connectivity index (χ1n) is 8.44. The number of aromatic nitrogens is 1. The molecule has 2 aliphatic heterocycles. The lowest BCUT2D eigenvalue weighted by atomic mass is 10.1. The van der Waals surface area contributed by atoms with E-state index in [1.165, 1.54) is 6.42 Å². The van der Waals surface area contributed by atoms with Crippen LogP contribution < -0.4 is 5.32 Å². The Labute approximate surface area is 137 Å². The molecule has 2 aliphatic rings. The molecule has 23 heavy (non-hydrogen) atoms. The molecule has 2 fully saturated rings. The number of pyridine rings is 1. The summed E-state index contributed by atoms with van der Waals surface area (Å²) in [6.07, 6.45) is 5.80. The largest absolute Gasteiger partial charge is 0.369 e. The van der Waals surface area contributed by atoms with E-state index < -0.39 is 5.79 Å². The zero-order valence-corrected chi connectivity index (χ0v) is 13.7. The van der Waals surface area contributed by atoms with Crippen LogP contribution in [0.15, 0.2) is 18.3 Å². The van der Waals surface area contributed by atoms with Crippen LogP contribution in [0.1, 0.15) is 43.0 Å². The van der Waals surface area contributed by atoms with Crippen molar-refractivity contribution < 1.29 is 14.3 Å². The summed E-state index contributed by atoms with van der Waals surface area (Å²) in [4.78, 5) is 19.0. The topological polar surface area (TPSA) is 63.7 Å². The molecule has 6 heteroatoms. The smallest absolute Gasteiger partial charge is 0.257 e. The number of likely N-dealkylation sites (tertiary alicyclic amines) is 1. The predicted octanol–water partition coefficient (Wildman–Crippen LogP) is 2.27. The van der Waals surface area contributed by atoms with Gasteiger partial charge in [-0.2, -0.15) is 0 Å². The molecule has 0 unspecified atom stereocenters. The van der Waals surface area contributed by atoms with Crippen LogP contribution in [0.2, 0.25) is 0 Å². The zero-order valence-electron chi connectivity index (χ0n) is 13.7. The van der Waals surface area contributed by atoms with Crippen molar-refractivity contribution in [3.8, 4) is 0 Å². The van der Waals surface area contributed by atoms with Crippen molar-refractivity contribution in [2.75, 3.05) is 38.2 Å². The van der Waals surface area contributed by atoms with Crippen molar-refractivity contribution in [1.29, 1.82) is 0 Å². The number of hydrogen-bond acceptors (Lipinski definition) is 5. The highest BCUT2D eigenvalue weighted by Gasteiger charge is 2.30. The van der Waals surface area contributed by atoms with Gasteiger partial charge in [-0.1, -0.05) is 0 Å². The SMILES string of the molecule is CC1(CCNc2ncccc2C(=O)N2CCCCC2)OCCO1. The number of carbonyl (C=O) groups is 1. The van der Waals surface area contributed by atoms with Gasteiger partial charge in [0.1, 0.15) is 5.82 Å². The Morgan fingerprint density at radius 3 is 2.78 bits per heavy atom. The number of amides is 1. The average molecular weight is 319 g/mol. The van der Waals surface area contributed by atoms with Crippen molar-refractivity contribution in [2.45, 2.75) is 38.4 Å². The summed E-state index contributed by atoms with van der Waals surface area (Å²) in [5.41, 5.74) is 0.646. The Balaban J connectivity index is 1.62. The fraction of sp³-hybridized carbons (Fsp3) is 0.647. The Bertz CT molecular complexity index is 538. The van der Waals surface area contributed by atoms with E-state index in [1.807, 2.05) is 24.0 Å². The van der Waals surface area contributed by atoms with E-state index in [0.717, 1.165) is 25.9 Å². The molecular weight excluding hydrogens is 294 g/mol. The Morgan fingerprint density at radius 2 is 2.04 bits per heavy atom. The molecule has 0 atom stereocenters. The van der Waals surface area contributed by atoms with E-state index in [9.17, 15) is 4.79 Å². The quantitative estimate of drug-likeness (QED) is 0.902. The molecular formula is C17H25N3O3. The fourth-order valence-corrected chi connectivity index (χ4v) is 3.10. The first-order valence-corrected chi connectivity index (χ1v) is 8.44. The minimum Gasteiger partial charge on any atom is -0.369 e. The summed E-state index contributed by atoms with van der Waals surface area (Å²) >= 11 is 0. The van der Waals surface area contributed by atoms with Gasteiger partial charge in [0.15, 0.2) is 5.79 Å². The number of hydrogen-bond donors (Lipinski definition) is 1. The normalized spacial score (nSPS) is 20.5. The molecule has 0 aromatic carbocycles. The van der Waals surface area contributed by atoms with Gasteiger partial charge >= 0.3 is 0 Å². The van der Waals surface area contributed by atoms with Crippen LogP contribution in [-0.2, 0) is 9.47 Å². The molecule has 1 aromatic rings. The third kappa shape index (κ3) is 4.00.